The Labute approximate surface area is 157 Å². The van der Waals surface area contributed by atoms with Gasteiger partial charge in [0, 0.05) is 37.2 Å². The van der Waals surface area contributed by atoms with Crippen molar-refractivity contribution >= 4 is 5.82 Å². The van der Waals surface area contributed by atoms with E-state index < -0.39 is 5.95 Å². The lowest BCUT2D eigenvalue weighted by Gasteiger charge is -2.08. The first kappa shape index (κ1) is 19.9. The molecule has 0 aliphatic heterocycles. The summed E-state index contributed by atoms with van der Waals surface area (Å²) >= 11 is 0. The Morgan fingerprint density at radius 1 is 0.778 bits per heavy atom. The average molecular weight is 366 g/mol. The lowest BCUT2D eigenvalue weighted by atomic mass is 10.2. The summed E-state index contributed by atoms with van der Waals surface area (Å²) in [6.45, 7) is 3.88. The molecule has 6 nitrogen and oxygen atoms in total. The molecular weight excluding hydrogens is 343 g/mol. The minimum absolute atomic E-state index is 0. The molecular formula is C20H23FN6. The molecule has 0 aliphatic rings. The summed E-state index contributed by atoms with van der Waals surface area (Å²) in [5.74, 6) is 0.132. The number of aromatic nitrogens is 4. The fourth-order valence-corrected chi connectivity index (χ4v) is 2.70. The first-order chi connectivity index (χ1) is 12.6. The monoisotopic (exact) mass is 366 g/mol. The van der Waals surface area contributed by atoms with E-state index in [1.807, 2.05) is 61.1 Å². The van der Waals surface area contributed by atoms with Crippen molar-refractivity contribution in [3.05, 3.63) is 90.7 Å². The molecule has 7 heteroatoms. The number of aryl methyl sites for hydroxylation is 2. The predicted molar refractivity (Wildman–Crippen MR) is 106 cm³/mol. The molecule has 0 saturated carbocycles. The summed E-state index contributed by atoms with van der Waals surface area (Å²) in [5, 5.41) is 0. The van der Waals surface area contributed by atoms with Crippen LogP contribution in [-0.4, -0.2) is 19.1 Å². The van der Waals surface area contributed by atoms with Crippen molar-refractivity contribution in [3.63, 3.8) is 0 Å². The highest BCUT2D eigenvalue weighted by atomic mass is 19.1. The van der Waals surface area contributed by atoms with Gasteiger partial charge in [0.2, 0.25) is 5.95 Å². The SMILES string of the molecule is Cc1ccnc(F)c1-n1cccc1.Cc1ccnc(N)c1-n1cccc1.N. The quantitative estimate of drug-likeness (QED) is 0.518. The largest absolute Gasteiger partial charge is 0.382 e. The van der Waals surface area contributed by atoms with Crippen LogP contribution in [0.3, 0.4) is 0 Å². The van der Waals surface area contributed by atoms with E-state index in [1.165, 1.54) is 6.20 Å². The van der Waals surface area contributed by atoms with Gasteiger partial charge in [0.15, 0.2) is 0 Å². The van der Waals surface area contributed by atoms with Gasteiger partial charge in [-0.1, -0.05) is 0 Å². The van der Waals surface area contributed by atoms with Crippen molar-refractivity contribution in [1.29, 1.82) is 0 Å². The first-order valence-electron chi connectivity index (χ1n) is 8.17. The summed E-state index contributed by atoms with van der Waals surface area (Å²) in [4.78, 5) is 7.66. The molecule has 0 atom stereocenters. The number of nitrogen functional groups attached to an aromatic ring is 1. The molecule has 5 N–H and O–H groups in total. The number of nitrogens with zero attached hydrogens (tertiary/aromatic N) is 4. The Bertz CT molecular complexity index is 856. The van der Waals surface area contributed by atoms with Gasteiger partial charge < -0.3 is 21.0 Å². The molecule has 0 aromatic carbocycles. The van der Waals surface area contributed by atoms with Gasteiger partial charge in [0.25, 0.3) is 0 Å². The van der Waals surface area contributed by atoms with Gasteiger partial charge in [-0.3, -0.25) is 0 Å². The summed E-state index contributed by atoms with van der Waals surface area (Å²) < 4.78 is 17.0. The van der Waals surface area contributed by atoms with Crippen LogP contribution in [0, 0.1) is 19.8 Å². The maximum Gasteiger partial charge on any atom is 0.237 e. The summed E-state index contributed by atoms with van der Waals surface area (Å²) in [5.41, 5.74) is 9.27. The van der Waals surface area contributed by atoms with Crippen LogP contribution in [0.25, 0.3) is 11.4 Å². The van der Waals surface area contributed by atoms with Crippen LogP contribution in [0.5, 0.6) is 0 Å². The van der Waals surface area contributed by atoms with Gasteiger partial charge in [0.05, 0.1) is 5.69 Å². The van der Waals surface area contributed by atoms with Crippen molar-refractivity contribution in [2.45, 2.75) is 13.8 Å². The van der Waals surface area contributed by atoms with E-state index in [2.05, 4.69) is 9.97 Å². The zero-order valence-corrected chi connectivity index (χ0v) is 15.4. The highest BCUT2D eigenvalue weighted by molar-refractivity contribution is 5.56. The van der Waals surface area contributed by atoms with E-state index in [9.17, 15) is 4.39 Å². The van der Waals surface area contributed by atoms with Crippen LogP contribution in [0.4, 0.5) is 10.2 Å². The fraction of sp³-hybridized carbons (Fsp3) is 0.100. The first-order valence-corrected chi connectivity index (χ1v) is 8.17. The maximum atomic E-state index is 13.3. The number of pyridine rings is 2. The molecule has 0 bridgehead atoms. The Morgan fingerprint density at radius 2 is 1.22 bits per heavy atom. The second kappa shape index (κ2) is 8.77. The molecule has 4 rings (SSSR count). The molecule has 0 unspecified atom stereocenters. The third-order valence-corrected chi connectivity index (χ3v) is 3.96. The summed E-state index contributed by atoms with van der Waals surface area (Å²) in [6, 6.07) is 11.4. The van der Waals surface area contributed by atoms with Crippen molar-refractivity contribution < 1.29 is 4.39 Å². The van der Waals surface area contributed by atoms with E-state index in [1.54, 1.807) is 29.2 Å². The highest BCUT2D eigenvalue weighted by Crippen LogP contribution is 2.18. The lowest BCUT2D eigenvalue weighted by Crippen LogP contribution is -2.01. The third-order valence-electron chi connectivity index (χ3n) is 3.96. The Kier molecular flexibility index (Phi) is 6.46. The second-order valence-corrected chi connectivity index (χ2v) is 5.81. The van der Waals surface area contributed by atoms with Crippen LogP contribution >= 0.6 is 0 Å². The van der Waals surface area contributed by atoms with Gasteiger partial charge in [-0.15, -0.1) is 0 Å². The summed E-state index contributed by atoms with van der Waals surface area (Å²) in [6.07, 6.45) is 10.7. The molecule has 4 heterocycles. The topological polar surface area (TPSA) is 96.7 Å². The van der Waals surface area contributed by atoms with Crippen LogP contribution < -0.4 is 11.9 Å². The van der Waals surface area contributed by atoms with Gasteiger partial charge in [-0.05, 0) is 61.4 Å². The zero-order chi connectivity index (χ0) is 18.5. The van der Waals surface area contributed by atoms with Crippen molar-refractivity contribution in [2.75, 3.05) is 5.73 Å². The van der Waals surface area contributed by atoms with Crippen molar-refractivity contribution in [1.82, 2.24) is 25.3 Å². The highest BCUT2D eigenvalue weighted by Gasteiger charge is 2.07. The molecule has 0 aliphatic carbocycles. The van der Waals surface area contributed by atoms with Crippen molar-refractivity contribution in [3.8, 4) is 11.4 Å². The van der Waals surface area contributed by atoms with E-state index in [-0.39, 0.29) is 6.15 Å². The van der Waals surface area contributed by atoms with Crippen LogP contribution in [0.2, 0.25) is 0 Å². The number of rotatable bonds is 2. The number of anilines is 1. The minimum atomic E-state index is -0.434. The summed E-state index contributed by atoms with van der Waals surface area (Å²) in [7, 11) is 0. The average Bonchev–Trinajstić information content (AvgIpc) is 3.29. The van der Waals surface area contributed by atoms with E-state index in [0.29, 0.717) is 11.5 Å². The molecule has 140 valence electrons. The molecule has 4 aromatic rings. The molecule has 0 radical (unpaired) electrons. The van der Waals surface area contributed by atoms with Crippen LogP contribution in [0.1, 0.15) is 11.1 Å². The minimum Gasteiger partial charge on any atom is -0.382 e. The Hall–Kier alpha value is -3.45. The van der Waals surface area contributed by atoms with E-state index in [0.717, 1.165) is 16.8 Å². The molecule has 27 heavy (non-hydrogen) atoms. The number of halogens is 1. The molecule has 0 saturated heterocycles. The normalized spacial score (nSPS) is 9.89. The van der Waals surface area contributed by atoms with Gasteiger partial charge in [-0.2, -0.15) is 4.39 Å². The number of nitrogens with two attached hydrogens (primary N) is 1. The lowest BCUT2D eigenvalue weighted by molar-refractivity contribution is 0.573. The third kappa shape index (κ3) is 4.39. The molecule has 0 fully saturated rings. The van der Waals surface area contributed by atoms with E-state index in [4.69, 9.17) is 5.73 Å². The number of hydrogen-bond acceptors (Lipinski definition) is 4. The Balaban J connectivity index is 0.000000187. The number of hydrogen-bond donors (Lipinski definition) is 2. The Morgan fingerprint density at radius 3 is 1.70 bits per heavy atom. The predicted octanol–water partition coefficient (Wildman–Crippen LogP) is 4.24. The fourth-order valence-electron chi connectivity index (χ4n) is 2.70. The van der Waals surface area contributed by atoms with E-state index >= 15 is 0 Å². The van der Waals surface area contributed by atoms with Gasteiger partial charge in [0.1, 0.15) is 11.5 Å². The molecule has 0 spiro atoms. The standard InChI is InChI=1S/C10H9FN2.C10H11N3.H3N/c2*1-8-4-5-12-10(11)9(8)13-6-2-3-7-13;/h2-7H,1H3;2-7H,1H3,(H2,11,12);1H3. The molecule has 4 aromatic heterocycles. The molecule has 0 amide bonds. The van der Waals surface area contributed by atoms with Gasteiger partial charge >= 0.3 is 0 Å². The maximum absolute atomic E-state index is 13.3. The smallest absolute Gasteiger partial charge is 0.237 e. The van der Waals surface area contributed by atoms with Crippen LogP contribution in [0.15, 0.2) is 73.6 Å². The second-order valence-electron chi connectivity index (χ2n) is 5.81. The van der Waals surface area contributed by atoms with Crippen LogP contribution in [-0.2, 0) is 0 Å². The van der Waals surface area contributed by atoms with Gasteiger partial charge in [-0.25, -0.2) is 9.97 Å². The zero-order valence-electron chi connectivity index (χ0n) is 15.4. The van der Waals surface area contributed by atoms with Crippen molar-refractivity contribution in [2.24, 2.45) is 0 Å².